The lowest BCUT2D eigenvalue weighted by atomic mass is 10.2. The first-order valence-electron chi connectivity index (χ1n) is 8.90. The van der Waals surface area contributed by atoms with Crippen LogP contribution in [-0.2, 0) is 9.53 Å². The highest BCUT2D eigenvalue weighted by molar-refractivity contribution is 6.02. The van der Waals surface area contributed by atoms with Crippen LogP contribution in [0.5, 0.6) is 11.5 Å². The molecule has 0 atom stereocenters. The van der Waals surface area contributed by atoms with Gasteiger partial charge in [0.2, 0.25) is 0 Å². The normalized spacial score (nSPS) is 10.5. The van der Waals surface area contributed by atoms with Crippen molar-refractivity contribution < 1.29 is 23.8 Å². The SMILES string of the molecule is CCOc1ccc(OCCNC(=O)COC(=O)c2n[nH]c3ccccc23)cc1. The van der Waals surface area contributed by atoms with Crippen LogP contribution in [0, 0.1) is 0 Å². The Kier molecular flexibility index (Phi) is 6.46. The van der Waals surface area contributed by atoms with Crippen molar-refractivity contribution in [1.29, 1.82) is 0 Å². The fourth-order valence-electron chi connectivity index (χ4n) is 2.53. The molecule has 0 unspecified atom stereocenters. The van der Waals surface area contributed by atoms with Crippen molar-refractivity contribution >= 4 is 22.8 Å². The van der Waals surface area contributed by atoms with Crippen LogP contribution in [0.2, 0.25) is 0 Å². The summed E-state index contributed by atoms with van der Waals surface area (Å²) in [6.45, 7) is 2.71. The maximum absolute atomic E-state index is 12.1. The second kappa shape index (κ2) is 9.40. The van der Waals surface area contributed by atoms with Crippen molar-refractivity contribution in [3.05, 3.63) is 54.2 Å². The Hall–Kier alpha value is -3.55. The minimum atomic E-state index is -0.654. The molecule has 0 radical (unpaired) electrons. The predicted molar refractivity (Wildman–Crippen MR) is 102 cm³/mol. The number of carbonyl (C=O) groups is 2. The number of carbonyl (C=O) groups excluding carboxylic acids is 2. The summed E-state index contributed by atoms with van der Waals surface area (Å²) in [5, 5.41) is 9.97. The van der Waals surface area contributed by atoms with E-state index in [0.29, 0.717) is 17.7 Å². The molecule has 1 heterocycles. The fraction of sp³-hybridized carbons (Fsp3) is 0.250. The highest BCUT2D eigenvalue weighted by Crippen LogP contribution is 2.17. The maximum Gasteiger partial charge on any atom is 0.359 e. The van der Waals surface area contributed by atoms with Gasteiger partial charge in [-0.2, -0.15) is 5.10 Å². The number of ether oxygens (including phenoxy) is 3. The molecule has 0 aliphatic rings. The van der Waals surface area contributed by atoms with Crippen LogP contribution in [-0.4, -0.2) is 48.4 Å². The molecule has 2 N–H and O–H groups in total. The lowest BCUT2D eigenvalue weighted by Gasteiger charge is -2.09. The number of fused-ring (bicyclic) bond motifs is 1. The molecule has 8 nitrogen and oxygen atoms in total. The van der Waals surface area contributed by atoms with Gasteiger partial charge in [-0.1, -0.05) is 18.2 Å². The first kappa shape index (κ1) is 19.2. The van der Waals surface area contributed by atoms with Crippen LogP contribution >= 0.6 is 0 Å². The van der Waals surface area contributed by atoms with Crippen LogP contribution in [0.25, 0.3) is 10.9 Å². The minimum Gasteiger partial charge on any atom is -0.494 e. The second-order valence-corrected chi connectivity index (χ2v) is 5.80. The molecule has 1 aromatic heterocycles. The van der Waals surface area contributed by atoms with E-state index in [9.17, 15) is 9.59 Å². The molecule has 146 valence electrons. The number of amides is 1. The molecular weight excluding hydrogens is 362 g/mol. The molecule has 0 spiro atoms. The summed E-state index contributed by atoms with van der Waals surface area (Å²) in [6, 6.07) is 14.4. The maximum atomic E-state index is 12.1. The zero-order chi connectivity index (χ0) is 19.8. The summed E-state index contributed by atoms with van der Waals surface area (Å²) in [5.41, 5.74) is 0.882. The smallest absolute Gasteiger partial charge is 0.359 e. The minimum absolute atomic E-state index is 0.155. The highest BCUT2D eigenvalue weighted by Gasteiger charge is 2.16. The molecular formula is C20H21N3O5. The van der Waals surface area contributed by atoms with Gasteiger partial charge in [-0.05, 0) is 37.3 Å². The summed E-state index contributed by atoms with van der Waals surface area (Å²) in [7, 11) is 0. The number of benzene rings is 2. The van der Waals surface area contributed by atoms with Gasteiger partial charge in [0.25, 0.3) is 5.91 Å². The Morgan fingerprint density at radius 3 is 2.50 bits per heavy atom. The summed E-state index contributed by atoms with van der Waals surface area (Å²) in [6.07, 6.45) is 0. The number of rotatable bonds is 9. The van der Waals surface area contributed by atoms with Gasteiger partial charge in [0.1, 0.15) is 18.1 Å². The molecule has 0 bridgehead atoms. The van der Waals surface area contributed by atoms with E-state index >= 15 is 0 Å². The monoisotopic (exact) mass is 383 g/mol. The van der Waals surface area contributed by atoms with Gasteiger partial charge in [-0.25, -0.2) is 4.79 Å². The third kappa shape index (κ3) is 5.00. The average Bonchev–Trinajstić information content (AvgIpc) is 3.15. The second-order valence-electron chi connectivity index (χ2n) is 5.80. The number of esters is 1. The van der Waals surface area contributed by atoms with Crippen molar-refractivity contribution in [2.24, 2.45) is 0 Å². The third-order valence-corrected chi connectivity index (χ3v) is 3.83. The Morgan fingerprint density at radius 2 is 1.75 bits per heavy atom. The van der Waals surface area contributed by atoms with Gasteiger partial charge >= 0.3 is 5.97 Å². The summed E-state index contributed by atoms with van der Waals surface area (Å²) in [4.78, 5) is 23.9. The van der Waals surface area contributed by atoms with Gasteiger partial charge < -0.3 is 19.5 Å². The van der Waals surface area contributed by atoms with Gasteiger partial charge in [0.15, 0.2) is 12.3 Å². The Labute approximate surface area is 161 Å². The van der Waals surface area contributed by atoms with Gasteiger partial charge in [-0.15, -0.1) is 0 Å². The van der Waals surface area contributed by atoms with E-state index in [1.165, 1.54) is 0 Å². The van der Waals surface area contributed by atoms with Gasteiger partial charge in [0, 0.05) is 5.39 Å². The van der Waals surface area contributed by atoms with Crippen LogP contribution in [0.4, 0.5) is 0 Å². The van der Waals surface area contributed by atoms with Crippen molar-refractivity contribution in [3.63, 3.8) is 0 Å². The molecule has 28 heavy (non-hydrogen) atoms. The zero-order valence-corrected chi connectivity index (χ0v) is 15.4. The molecule has 2 aromatic carbocycles. The number of aromatic nitrogens is 2. The molecule has 0 saturated heterocycles. The third-order valence-electron chi connectivity index (χ3n) is 3.83. The Bertz CT molecular complexity index is 936. The van der Waals surface area contributed by atoms with E-state index in [1.54, 1.807) is 30.3 Å². The Balaban J connectivity index is 1.37. The quantitative estimate of drug-likeness (QED) is 0.434. The van der Waals surface area contributed by atoms with Crippen LogP contribution in [0.3, 0.4) is 0 Å². The average molecular weight is 383 g/mol. The van der Waals surface area contributed by atoms with E-state index in [0.717, 1.165) is 11.3 Å². The van der Waals surface area contributed by atoms with Crippen molar-refractivity contribution in [1.82, 2.24) is 15.5 Å². The molecule has 0 fully saturated rings. The molecule has 0 aliphatic heterocycles. The summed E-state index contributed by atoms with van der Waals surface area (Å²) in [5.74, 6) is 0.380. The molecule has 0 aliphatic carbocycles. The van der Waals surface area contributed by atoms with Crippen LogP contribution in [0.1, 0.15) is 17.4 Å². The Morgan fingerprint density at radius 1 is 1.04 bits per heavy atom. The number of hydrogen-bond acceptors (Lipinski definition) is 6. The van der Waals surface area contributed by atoms with E-state index < -0.39 is 11.9 Å². The largest absolute Gasteiger partial charge is 0.494 e. The van der Waals surface area contributed by atoms with E-state index in [2.05, 4.69) is 15.5 Å². The van der Waals surface area contributed by atoms with E-state index in [1.807, 2.05) is 25.1 Å². The van der Waals surface area contributed by atoms with Crippen molar-refractivity contribution in [2.75, 3.05) is 26.4 Å². The van der Waals surface area contributed by atoms with E-state index in [-0.39, 0.29) is 25.5 Å². The molecule has 8 heteroatoms. The first-order chi connectivity index (χ1) is 13.7. The van der Waals surface area contributed by atoms with E-state index in [4.69, 9.17) is 14.2 Å². The summed E-state index contributed by atoms with van der Waals surface area (Å²) >= 11 is 0. The molecule has 3 aromatic rings. The zero-order valence-electron chi connectivity index (χ0n) is 15.4. The topological polar surface area (TPSA) is 103 Å². The number of hydrogen-bond donors (Lipinski definition) is 2. The summed E-state index contributed by atoms with van der Waals surface area (Å²) < 4.78 is 15.9. The highest BCUT2D eigenvalue weighted by atomic mass is 16.5. The lowest BCUT2D eigenvalue weighted by Crippen LogP contribution is -2.32. The lowest BCUT2D eigenvalue weighted by molar-refractivity contribution is -0.124. The van der Waals surface area contributed by atoms with Crippen molar-refractivity contribution in [2.45, 2.75) is 6.92 Å². The van der Waals surface area contributed by atoms with Crippen LogP contribution < -0.4 is 14.8 Å². The fourth-order valence-corrected chi connectivity index (χ4v) is 2.53. The first-order valence-corrected chi connectivity index (χ1v) is 8.90. The van der Waals surface area contributed by atoms with Crippen molar-refractivity contribution in [3.8, 4) is 11.5 Å². The van der Waals surface area contributed by atoms with Gasteiger partial charge in [-0.3, -0.25) is 9.89 Å². The van der Waals surface area contributed by atoms with Crippen LogP contribution in [0.15, 0.2) is 48.5 Å². The number of aromatic amines is 1. The number of H-pyrrole nitrogens is 1. The molecule has 1 amide bonds. The number of nitrogens with zero attached hydrogens (tertiary/aromatic N) is 1. The molecule has 3 rings (SSSR count). The number of nitrogens with one attached hydrogen (secondary N) is 2. The standard InChI is InChI=1S/C20H21N3O5/c1-2-26-14-7-9-15(10-8-14)27-12-11-21-18(24)13-28-20(25)19-16-5-3-4-6-17(16)22-23-19/h3-10H,2,11-13H2,1H3,(H,21,24)(H,22,23). The predicted octanol–water partition coefficient (Wildman–Crippen LogP) is 2.31. The number of para-hydroxylation sites is 1. The van der Waals surface area contributed by atoms with Gasteiger partial charge in [0.05, 0.1) is 18.7 Å². The molecule has 0 saturated carbocycles.